The lowest BCUT2D eigenvalue weighted by Gasteiger charge is -2.23. The van der Waals surface area contributed by atoms with E-state index >= 15 is 0 Å². The van der Waals surface area contributed by atoms with Crippen LogP contribution in [0.2, 0.25) is 0 Å². The number of fused-ring (bicyclic) bond motifs is 2. The molecule has 1 aliphatic rings. The summed E-state index contributed by atoms with van der Waals surface area (Å²) in [5, 5.41) is 0. The van der Waals surface area contributed by atoms with E-state index in [1.54, 1.807) is 0 Å². The van der Waals surface area contributed by atoms with Crippen LogP contribution in [0.15, 0.2) is 66.7 Å². The number of thiocarbonyl (C=S) groups is 1. The van der Waals surface area contributed by atoms with Crippen molar-refractivity contribution in [2.75, 3.05) is 6.61 Å². The number of benzene rings is 3. The highest BCUT2D eigenvalue weighted by atomic mass is 32.1. The lowest BCUT2D eigenvalue weighted by Crippen LogP contribution is -2.21. The molecule has 0 fully saturated rings. The van der Waals surface area contributed by atoms with E-state index in [1.165, 1.54) is 0 Å². The number of carbonyl (C=O) groups is 1. The van der Waals surface area contributed by atoms with Crippen molar-refractivity contribution >= 4 is 22.9 Å². The Bertz CT molecular complexity index is 990. The van der Waals surface area contributed by atoms with Gasteiger partial charge in [0.15, 0.2) is 5.78 Å². The molecule has 0 spiro atoms. The van der Waals surface area contributed by atoms with Crippen molar-refractivity contribution in [3.63, 3.8) is 0 Å². The van der Waals surface area contributed by atoms with Crippen molar-refractivity contribution in [1.29, 1.82) is 0 Å². The summed E-state index contributed by atoms with van der Waals surface area (Å²) in [5.41, 5.74) is 4.83. The molecule has 2 nitrogen and oxygen atoms in total. The SMILES string of the molecule is CCOc1cc(-c2ccccc2)cc2c1C(=S)c1ccccc1C2=O. The standard InChI is InChI=1S/C22H16O2S/c1-2-24-19-13-15(14-8-4-3-5-9-14)12-18-20(19)22(25)17-11-7-6-10-16(17)21(18)23/h3-13H,2H2,1H3. The molecule has 0 atom stereocenters. The van der Waals surface area contributed by atoms with Gasteiger partial charge in [0.25, 0.3) is 0 Å². The third kappa shape index (κ3) is 2.57. The minimum atomic E-state index is -0.00191. The first-order valence-electron chi connectivity index (χ1n) is 8.25. The van der Waals surface area contributed by atoms with E-state index in [9.17, 15) is 4.79 Å². The maximum Gasteiger partial charge on any atom is 0.194 e. The van der Waals surface area contributed by atoms with Crippen LogP contribution in [0.25, 0.3) is 11.1 Å². The molecular weight excluding hydrogens is 328 g/mol. The maximum absolute atomic E-state index is 13.1. The molecule has 4 rings (SSSR count). The van der Waals surface area contributed by atoms with E-state index in [4.69, 9.17) is 17.0 Å². The molecular formula is C22H16O2S. The lowest BCUT2D eigenvalue weighted by molar-refractivity contribution is 0.103. The maximum atomic E-state index is 13.1. The number of hydrogen-bond donors (Lipinski definition) is 0. The minimum Gasteiger partial charge on any atom is -0.493 e. The van der Waals surface area contributed by atoms with E-state index in [2.05, 4.69) is 0 Å². The monoisotopic (exact) mass is 344 g/mol. The summed E-state index contributed by atoms with van der Waals surface area (Å²) in [4.78, 5) is 13.8. The van der Waals surface area contributed by atoms with Gasteiger partial charge in [-0.05, 0) is 30.2 Å². The zero-order valence-corrected chi connectivity index (χ0v) is 14.6. The second kappa shape index (κ2) is 6.26. The zero-order chi connectivity index (χ0) is 17.4. The van der Waals surface area contributed by atoms with Gasteiger partial charge in [-0.2, -0.15) is 0 Å². The van der Waals surface area contributed by atoms with Crippen molar-refractivity contribution < 1.29 is 9.53 Å². The van der Waals surface area contributed by atoms with Crippen LogP contribution in [0.4, 0.5) is 0 Å². The van der Waals surface area contributed by atoms with E-state index in [1.807, 2.05) is 73.7 Å². The van der Waals surface area contributed by atoms with E-state index in [0.717, 1.165) is 22.3 Å². The van der Waals surface area contributed by atoms with Crippen LogP contribution in [-0.2, 0) is 0 Å². The van der Waals surface area contributed by atoms with Gasteiger partial charge in [0.2, 0.25) is 0 Å². The Morgan fingerprint density at radius 3 is 2.24 bits per heavy atom. The summed E-state index contributed by atoms with van der Waals surface area (Å²) in [6, 6.07) is 21.4. The van der Waals surface area contributed by atoms with Crippen molar-refractivity contribution in [2.45, 2.75) is 6.92 Å². The molecule has 0 saturated carbocycles. The van der Waals surface area contributed by atoms with Crippen molar-refractivity contribution in [2.24, 2.45) is 0 Å². The summed E-state index contributed by atoms with van der Waals surface area (Å²) in [7, 11) is 0. The van der Waals surface area contributed by atoms with Crippen LogP contribution in [0, 0.1) is 0 Å². The smallest absolute Gasteiger partial charge is 0.194 e. The highest BCUT2D eigenvalue weighted by Crippen LogP contribution is 2.37. The van der Waals surface area contributed by atoms with Crippen molar-refractivity contribution in [3.05, 3.63) is 89.0 Å². The first-order valence-corrected chi connectivity index (χ1v) is 8.66. The molecule has 0 heterocycles. The molecule has 1 aliphatic carbocycles. The van der Waals surface area contributed by atoms with E-state index in [0.29, 0.717) is 28.3 Å². The van der Waals surface area contributed by atoms with Crippen LogP contribution in [0.5, 0.6) is 5.75 Å². The lowest BCUT2D eigenvalue weighted by atomic mass is 9.83. The minimum absolute atomic E-state index is 0.00191. The van der Waals surface area contributed by atoms with Gasteiger partial charge in [-0.3, -0.25) is 4.79 Å². The Hall–Kier alpha value is -2.78. The molecule has 3 aromatic carbocycles. The number of carbonyl (C=O) groups excluding carboxylic acids is 1. The number of rotatable bonds is 3. The van der Waals surface area contributed by atoms with Crippen LogP contribution in [-0.4, -0.2) is 17.3 Å². The summed E-state index contributed by atoms with van der Waals surface area (Å²) < 4.78 is 5.86. The van der Waals surface area contributed by atoms with Gasteiger partial charge in [-0.15, -0.1) is 0 Å². The van der Waals surface area contributed by atoms with Gasteiger partial charge in [0, 0.05) is 22.3 Å². The van der Waals surface area contributed by atoms with Gasteiger partial charge >= 0.3 is 0 Å². The van der Waals surface area contributed by atoms with Crippen LogP contribution >= 0.6 is 12.2 Å². The molecule has 0 unspecified atom stereocenters. The fourth-order valence-electron chi connectivity index (χ4n) is 3.25. The van der Waals surface area contributed by atoms with Gasteiger partial charge in [-0.1, -0.05) is 66.8 Å². The molecule has 0 N–H and O–H groups in total. The highest BCUT2D eigenvalue weighted by molar-refractivity contribution is 7.81. The first kappa shape index (κ1) is 15.7. The normalized spacial score (nSPS) is 12.5. The molecule has 0 radical (unpaired) electrons. The Morgan fingerprint density at radius 2 is 1.52 bits per heavy atom. The number of ketones is 1. The molecule has 3 heteroatoms. The Morgan fingerprint density at radius 1 is 0.840 bits per heavy atom. The summed E-state index contributed by atoms with van der Waals surface area (Å²) in [6.45, 7) is 2.45. The molecule has 0 bridgehead atoms. The molecule has 122 valence electrons. The van der Waals surface area contributed by atoms with Crippen LogP contribution in [0.1, 0.15) is 34.0 Å². The summed E-state index contributed by atoms with van der Waals surface area (Å²) in [5.74, 6) is 0.671. The van der Waals surface area contributed by atoms with Crippen LogP contribution < -0.4 is 4.74 Å². The molecule has 0 aliphatic heterocycles. The Labute approximate surface area is 152 Å². The predicted molar refractivity (Wildman–Crippen MR) is 104 cm³/mol. The molecule has 25 heavy (non-hydrogen) atoms. The third-order valence-electron chi connectivity index (χ3n) is 4.40. The predicted octanol–water partition coefficient (Wildman–Crippen LogP) is 5.06. The van der Waals surface area contributed by atoms with Crippen LogP contribution in [0.3, 0.4) is 0 Å². The quantitative estimate of drug-likeness (QED) is 0.486. The summed E-state index contributed by atoms with van der Waals surface area (Å²) >= 11 is 5.70. The second-order valence-electron chi connectivity index (χ2n) is 5.90. The molecule has 0 aromatic heterocycles. The third-order valence-corrected chi connectivity index (χ3v) is 4.82. The highest BCUT2D eigenvalue weighted by Gasteiger charge is 2.30. The van der Waals surface area contributed by atoms with E-state index < -0.39 is 0 Å². The second-order valence-corrected chi connectivity index (χ2v) is 6.31. The fraction of sp³-hybridized carbons (Fsp3) is 0.0909. The van der Waals surface area contributed by atoms with E-state index in [-0.39, 0.29) is 5.78 Å². The molecule has 0 amide bonds. The average molecular weight is 344 g/mol. The first-order chi connectivity index (χ1) is 12.2. The topological polar surface area (TPSA) is 26.3 Å². The number of hydrogen-bond acceptors (Lipinski definition) is 3. The van der Waals surface area contributed by atoms with Gasteiger partial charge < -0.3 is 4.74 Å². The number of ether oxygens (including phenoxy) is 1. The molecule has 3 aromatic rings. The van der Waals surface area contributed by atoms with Gasteiger partial charge in [-0.25, -0.2) is 0 Å². The van der Waals surface area contributed by atoms with Crippen molar-refractivity contribution in [3.8, 4) is 16.9 Å². The van der Waals surface area contributed by atoms with Crippen molar-refractivity contribution in [1.82, 2.24) is 0 Å². The van der Waals surface area contributed by atoms with Gasteiger partial charge in [0.05, 0.1) is 11.5 Å². The zero-order valence-electron chi connectivity index (χ0n) is 13.8. The Kier molecular flexibility index (Phi) is 3.94. The fourth-order valence-corrected chi connectivity index (χ4v) is 3.64. The van der Waals surface area contributed by atoms with Gasteiger partial charge in [0.1, 0.15) is 5.75 Å². The largest absolute Gasteiger partial charge is 0.493 e. The Balaban J connectivity index is 1.98. The summed E-state index contributed by atoms with van der Waals surface area (Å²) in [6.07, 6.45) is 0. The molecule has 0 saturated heterocycles. The average Bonchev–Trinajstić information content (AvgIpc) is 2.66.